The van der Waals surface area contributed by atoms with Crippen LogP contribution >= 0.6 is 35.3 Å². The molecule has 2 aromatic rings. The van der Waals surface area contributed by atoms with E-state index in [1.807, 2.05) is 6.20 Å². The molecule has 0 amide bonds. The van der Waals surface area contributed by atoms with Gasteiger partial charge in [-0.3, -0.25) is 0 Å². The highest BCUT2D eigenvalue weighted by atomic mass is 127. The highest BCUT2D eigenvalue weighted by molar-refractivity contribution is 14.0. The molecule has 0 saturated carbocycles. The van der Waals surface area contributed by atoms with E-state index in [4.69, 9.17) is 0 Å². The van der Waals surface area contributed by atoms with Crippen LogP contribution in [0, 0.1) is 13.8 Å². The van der Waals surface area contributed by atoms with Crippen LogP contribution in [0.3, 0.4) is 0 Å². The zero-order valence-electron chi connectivity index (χ0n) is 13.2. The zero-order valence-corrected chi connectivity index (χ0v) is 16.4. The molecule has 6 heteroatoms. The van der Waals surface area contributed by atoms with Gasteiger partial charge in [-0.2, -0.15) is 0 Å². The summed E-state index contributed by atoms with van der Waals surface area (Å²) < 4.78 is 0. The summed E-state index contributed by atoms with van der Waals surface area (Å²) in [6, 6.07) is 8.34. The van der Waals surface area contributed by atoms with Gasteiger partial charge in [-0.25, -0.2) is 9.98 Å². The predicted molar refractivity (Wildman–Crippen MR) is 105 cm³/mol. The number of hydrogen-bond donors (Lipinski definition) is 2. The van der Waals surface area contributed by atoms with Crippen LogP contribution in [-0.2, 0) is 13.1 Å². The van der Waals surface area contributed by atoms with Crippen molar-refractivity contribution in [3.05, 3.63) is 51.5 Å². The second kappa shape index (κ2) is 9.78. The number of benzene rings is 1. The largest absolute Gasteiger partial charge is 0.357 e. The molecule has 4 nitrogen and oxygen atoms in total. The van der Waals surface area contributed by atoms with Crippen molar-refractivity contribution in [2.75, 3.05) is 6.54 Å². The lowest BCUT2D eigenvalue weighted by Gasteiger charge is -2.10. The topological polar surface area (TPSA) is 49.3 Å². The zero-order chi connectivity index (χ0) is 15.1. The van der Waals surface area contributed by atoms with Gasteiger partial charge in [0, 0.05) is 17.6 Å². The van der Waals surface area contributed by atoms with Crippen LogP contribution in [0.1, 0.15) is 27.9 Å². The normalized spacial score (nSPS) is 11.0. The lowest BCUT2D eigenvalue weighted by Crippen LogP contribution is -2.36. The van der Waals surface area contributed by atoms with Gasteiger partial charge in [0.05, 0.1) is 13.1 Å². The highest BCUT2D eigenvalue weighted by Gasteiger charge is 2.02. The van der Waals surface area contributed by atoms with Crippen molar-refractivity contribution in [2.24, 2.45) is 4.99 Å². The molecule has 1 heterocycles. The predicted octanol–water partition coefficient (Wildman–Crippen LogP) is 3.63. The Morgan fingerprint density at radius 2 is 2.00 bits per heavy atom. The number of rotatable bonds is 5. The van der Waals surface area contributed by atoms with Gasteiger partial charge in [0.2, 0.25) is 0 Å². The highest BCUT2D eigenvalue weighted by Crippen LogP contribution is 2.10. The van der Waals surface area contributed by atoms with E-state index < -0.39 is 0 Å². The van der Waals surface area contributed by atoms with Crippen LogP contribution in [0.15, 0.2) is 35.5 Å². The minimum Gasteiger partial charge on any atom is -0.357 e. The third-order valence-electron chi connectivity index (χ3n) is 3.09. The van der Waals surface area contributed by atoms with E-state index >= 15 is 0 Å². The molecule has 0 bridgehead atoms. The molecule has 0 aliphatic rings. The van der Waals surface area contributed by atoms with Gasteiger partial charge < -0.3 is 10.6 Å². The summed E-state index contributed by atoms with van der Waals surface area (Å²) in [5, 5.41) is 7.67. The molecular weight excluding hydrogens is 407 g/mol. The number of halogens is 1. The van der Waals surface area contributed by atoms with Crippen LogP contribution in [0.2, 0.25) is 0 Å². The van der Waals surface area contributed by atoms with Gasteiger partial charge in [0.1, 0.15) is 5.01 Å². The minimum atomic E-state index is 0. The first kappa shape index (κ1) is 18.9. The molecule has 0 saturated heterocycles. The minimum absolute atomic E-state index is 0. The second-order valence-electron chi connectivity index (χ2n) is 4.84. The molecule has 0 aliphatic carbocycles. The van der Waals surface area contributed by atoms with Gasteiger partial charge in [-0.15, -0.1) is 35.3 Å². The van der Waals surface area contributed by atoms with E-state index in [0.29, 0.717) is 13.1 Å². The second-order valence-corrected chi connectivity index (χ2v) is 6.16. The molecule has 0 fully saturated rings. The Bertz CT molecular complexity index is 610. The molecule has 2 rings (SSSR count). The van der Waals surface area contributed by atoms with Crippen molar-refractivity contribution >= 4 is 41.3 Å². The van der Waals surface area contributed by atoms with Crippen molar-refractivity contribution in [3.63, 3.8) is 0 Å². The molecule has 0 unspecified atom stereocenters. The van der Waals surface area contributed by atoms with Crippen LogP contribution in [0.4, 0.5) is 0 Å². The van der Waals surface area contributed by atoms with Gasteiger partial charge in [0.25, 0.3) is 0 Å². The average Bonchev–Trinajstić information content (AvgIpc) is 2.89. The van der Waals surface area contributed by atoms with E-state index in [2.05, 4.69) is 65.6 Å². The van der Waals surface area contributed by atoms with Gasteiger partial charge >= 0.3 is 0 Å². The Labute approximate surface area is 153 Å². The molecule has 0 atom stereocenters. The quantitative estimate of drug-likeness (QED) is 0.433. The van der Waals surface area contributed by atoms with Crippen molar-refractivity contribution in [1.82, 2.24) is 15.6 Å². The summed E-state index contributed by atoms with van der Waals surface area (Å²) in [6.07, 6.45) is 1.90. The van der Waals surface area contributed by atoms with Crippen LogP contribution in [-0.4, -0.2) is 17.5 Å². The first-order chi connectivity index (χ1) is 10.2. The van der Waals surface area contributed by atoms with Crippen molar-refractivity contribution in [1.29, 1.82) is 0 Å². The van der Waals surface area contributed by atoms with Crippen molar-refractivity contribution < 1.29 is 0 Å². The van der Waals surface area contributed by atoms with E-state index in [-0.39, 0.29) is 24.0 Å². The van der Waals surface area contributed by atoms with Gasteiger partial charge in [-0.05, 0) is 31.9 Å². The summed E-state index contributed by atoms with van der Waals surface area (Å²) in [5.41, 5.74) is 2.52. The van der Waals surface area contributed by atoms with E-state index in [0.717, 1.165) is 17.5 Å². The number of nitrogens with zero attached hydrogens (tertiary/aromatic N) is 2. The number of hydrogen-bond acceptors (Lipinski definition) is 3. The average molecular weight is 430 g/mol. The molecule has 1 aromatic heterocycles. The Kier molecular flexibility index (Phi) is 8.40. The molecule has 120 valence electrons. The number of nitrogens with one attached hydrogen (secondary N) is 2. The molecule has 22 heavy (non-hydrogen) atoms. The Morgan fingerprint density at radius 1 is 1.23 bits per heavy atom. The van der Waals surface area contributed by atoms with Crippen LogP contribution in [0.25, 0.3) is 0 Å². The lowest BCUT2D eigenvalue weighted by molar-refractivity contribution is 0.811. The van der Waals surface area contributed by atoms with Crippen LogP contribution < -0.4 is 10.6 Å². The maximum Gasteiger partial charge on any atom is 0.191 e. The summed E-state index contributed by atoms with van der Waals surface area (Å²) in [6.45, 7) is 8.48. The van der Waals surface area contributed by atoms with Crippen LogP contribution in [0.5, 0.6) is 0 Å². The number of aliphatic imine (C=N–C) groups is 1. The van der Waals surface area contributed by atoms with E-state index in [1.54, 1.807) is 11.3 Å². The summed E-state index contributed by atoms with van der Waals surface area (Å²) in [7, 11) is 0. The fourth-order valence-corrected chi connectivity index (χ4v) is 2.66. The van der Waals surface area contributed by atoms with Crippen molar-refractivity contribution in [2.45, 2.75) is 33.9 Å². The molecule has 1 aromatic carbocycles. The molecule has 2 N–H and O–H groups in total. The van der Waals surface area contributed by atoms with E-state index in [1.165, 1.54) is 16.0 Å². The Morgan fingerprint density at radius 3 is 2.64 bits per heavy atom. The summed E-state index contributed by atoms with van der Waals surface area (Å²) >= 11 is 1.71. The number of thiazole rings is 1. The monoisotopic (exact) mass is 430 g/mol. The first-order valence-corrected chi connectivity index (χ1v) is 7.98. The molecule has 0 spiro atoms. The summed E-state index contributed by atoms with van der Waals surface area (Å²) in [4.78, 5) is 10.2. The summed E-state index contributed by atoms with van der Waals surface area (Å²) in [5.74, 6) is 0.827. The van der Waals surface area contributed by atoms with Gasteiger partial charge in [-0.1, -0.05) is 24.3 Å². The number of aryl methyl sites for hydroxylation is 2. The number of aromatic nitrogens is 1. The molecule has 0 radical (unpaired) electrons. The molecule has 0 aliphatic heterocycles. The maximum atomic E-state index is 4.64. The maximum absolute atomic E-state index is 4.64. The van der Waals surface area contributed by atoms with Gasteiger partial charge in [0.15, 0.2) is 5.96 Å². The van der Waals surface area contributed by atoms with E-state index in [9.17, 15) is 0 Å². The first-order valence-electron chi connectivity index (χ1n) is 7.17. The lowest BCUT2D eigenvalue weighted by atomic mass is 10.1. The fraction of sp³-hybridized carbons (Fsp3) is 0.375. The standard InChI is InChI=1S/C16H22N4S.HI/c1-4-17-16(20-11-15-18-9-13(3)21-15)19-10-14-8-6-5-7-12(14)2;/h5-9H,4,10-11H2,1-3H3,(H2,17,19,20);1H. The van der Waals surface area contributed by atoms with Crippen molar-refractivity contribution in [3.8, 4) is 0 Å². The Balaban J connectivity index is 0.00000242. The SMILES string of the molecule is CCNC(=NCc1ccccc1C)NCc1ncc(C)s1.I. The third-order valence-corrected chi connectivity index (χ3v) is 4.00. The fourth-order valence-electron chi connectivity index (χ4n) is 1.94. The Hall–Kier alpha value is -1.15. The molecular formula is C16H23IN4S. The third kappa shape index (κ3) is 5.92. The number of guanidine groups is 1. The smallest absolute Gasteiger partial charge is 0.191 e.